The highest BCUT2D eigenvalue weighted by molar-refractivity contribution is 9.12. The Morgan fingerprint density at radius 3 is 1.83 bits per heavy atom. The van der Waals surface area contributed by atoms with Crippen molar-refractivity contribution in [3.63, 3.8) is 0 Å². The van der Waals surface area contributed by atoms with Crippen molar-refractivity contribution >= 4 is 26.0 Å². The van der Waals surface area contributed by atoms with Gasteiger partial charge in [0.15, 0.2) is 0 Å². The van der Waals surface area contributed by atoms with Crippen molar-refractivity contribution in [1.82, 2.24) is 0 Å². The van der Waals surface area contributed by atoms with Gasteiger partial charge in [0.25, 0.3) is 0 Å². The topological polar surface area (TPSA) is 57.2 Å². The van der Waals surface area contributed by atoms with Crippen LogP contribution in [0.2, 0.25) is 0 Å². The molecule has 0 aliphatic carbocycles. The SMILES string of the molecule is CCCCCCCCCCCCCC[N+]1(CC#CBr)CCCCC1C.CS(=O)(=O)[O-]. The van der Waals surface area contributed by atoms with Crippen LogP contribution in [0.3, 0.4) is 0 Å². The second-order valence-corrected chi connectivity index (χ2v) is 10.8. The van der Waals surface area contributed by atoms with Crippen LogP contribution in [0, 0.1) is 10.8 Å². The molecule has 30 heavy (non-hydrogen) atoms. The van der Waals surface area contributed by atoms with Gasteiger partial charge >= 0.3 is 0 Å². The molecule has 0 saturated carbocycles. The summed E-state index contributed by atoms with van der Waals surface area (Å²) in [5, 5.41) is 0. The van der Waals surface area contributed by atoms with E-state index in [1.807, 2.05) is 0 Å². The zero-order chi connectivity index (χ0) is 22.7. The minimum atomic E-state index is -3.92. The zero-order valence-electron chi connectivity index (χ0n) is 19.8. The van der Waals surface area contributed by atoms with E-state index in [0.29, 0.717) is 6.26 Å². The number of piperidine rings is 1. The van der Waals surface area contributed by atoms with Gasteiger partial charge in [-0.2, -0.15) is 0 Å². The van der Waals surface area contributed by atoms with Gasteiger partial charge in [0.1, 0.15) is 6.54 Å². The molecule has 0 bridgehead atoms. The molecule has 2 atom stereocenters. The molecule has 0 amide bonds. The number of likely N-dealkylation sites (tertiary alicyclic amines) is 1. The maximum Gasteiger partial charge on any atom is 0.142 e. The summed E-state index contributed by atoms with van der Waals surface area (Å²) >= 11 is 3.29. The Morgan fingerprint density at radius 1 is 0.933 bits per heavy atom. The fraction of sp³-hybridized carbons (Fsp3) is 0.917. The van der Waals surface area contributed by atoms with Gasteiger partial charge < -0.3 is 9.04 Å². The first-order valence-corrected chi connectivity index (χ1v) is 14.7. The molecule has 1 saturated heterocycles. The second-order valence-electron chi connectivity index (χ2n) is 9.03. The van der Waals surface area contributed by atoms with Crippen LogP contribution in [0.25, 0.3) is 0 Å². The van der Waals surface area contributed by atoms with Crippen molar-refractivity contribution in [2.24, 2.45) is 0 Å². The normalized spacial score (nSPS) is 21.3. The fourth-order valence-electron chi connectivity index (χ4n) is 4.46. The number of rotatable bonds is 14. The number of hydrogen-bond donors (Lipinski definition) is 0. The summed E-state index contributed by atoms with van der Waals surface area (Å²) in [5.74, 6) is 3.32. The van der Waals surface area contributed by atoms with Crippen LogP contribution in [0.15, 0.2) is 0 Å². The van der Waals surface area contributed by atoms with Gasteiger partial charge in [-0.25, -0.2) is 8.42 Å². The van der Waals surface area contributed by atoms with Crippen molar-refractivity contribution in [1.29, 1.82) is 0 Å². The van der Waals surface area contributed by atoms with Crippen LogP contribution in [-0.2, 0) is 10.1 Å². The fourth-order valence-corrected chi connectivity index (χ4v) is 4.59. The Labute approximate surface area is 196 Å². The Kier molecular flexibility index (Phi) is 18.4. The monoisotopic (exact) mass is 507 g/mol. The summed E-state index contributed by atoms with van der Waals surface area (Å²) in [6.45, 7) is 8.49. The lowest BCUT2D eigenvalue weighted by atomic mass is 9.98. The van der Waals surface area contributed by atoms with E-state index in [-0.39, 0.29) is 0 Å². The molecule has 1 aliphatic heterocycles. The molecule has 0 aromatic rings. The van der Waals surface area contributed by atoms with E-state index < -0.39 is 10.1 Å². The van der Waals surface area contributed by atoms with Gasteiger partial charge in [-0.15, -0.1) is 0 Å². The number of hydrogen-bond acceptors (Lipinski definition) is 3. The average Bonchev–Trinajstić information content (AvgIpc) is 2.68. The van der Waals surface area contributed by atoms with Crippen LogP contribution in [0.1, 0.15) is 110 Å². The first kappa shape index (κ1) is 29.9. The first-order valence-electron chi connectivity index (χ1n) is 12.1. The van der Waals surface area contributed by atoms with Crippen LogP contribution >= 0.6 is 15.9 Å². The molecule has 178 valence electrons. The Morgan fingerprint density at radius 2 is 1.40 bits per heavy atom. The van der Waals surface area contributed by atoms with Gasteiger partial charge in [-0.1, -0.05) is 71.1 Å². The molecule has 0 aromatic heterocycles. The van der Waals surface area contributed by atoms with Crippen LogP contribution in [-0.4, -0.2) is 49.4 Å². The van der Waals surface area contributed by atoms with E-state index in [9.17, 15) is 0 Å². The Hall–Kier alpha value is -0.0900. The lowest BCUT2D eigenvalue weighted by Gasteiger charge is -2.45. The number of quaternary nitrogens is 1. The molecule has 2 unspecified atom stereocenters. The maximum absolute atomic E-state index is 9.08. The highest BCUT2D eigenvalue weighted by Gasteiger charge is 2.35. The van der Waals surface area contributed by atoms with E-state index in [1.165, 1.54) is 114 Å². The largest absolute Gasteiger partial charge is 0.748 e. The quantitative estimate of drug-likeness (QED) is 0.115. The van der Waals surface area contributed by atoms with Crippen molar-refractivity contribution in [2.75, 3.05) is 25.9 Å². The molecule has 1 fully saturated rings. The average molecular weight is 509 g/mol. The third-order valence-corrected chi connectivity index (χ3v) is 6.61. The zero-order valence-corrected chi connectivity index (χ0v) is 22.2. The standard InChI is InChI=1S/C23H43BrN.CH4O3S/c1-3-4-5-6-7-8-9-10-11-12-13-15-20-25(22-17-19-24)21-16-14-18-23(25)2;1-5(2,3)4/h23H,3-16,18,20-22H2,1-2H3;1H3,(H,2,3,4)/q+1;/p-1. The third kappa shape index (κ3) is 17.6. The van der Waals surface area contributed by atoms with Gasteiger partial charge in [0.2, 0.25) is 0 Å². The molecule has 6 heteroatoms. The summed E-state index contributed by atoms with van der Waals surface area (Å²) < 4.78 is 28.5. The third-order valence-electron chi connectivity index (χ3n) is 6.33. The first-order chi connectivity index (χ1) is 14.2. The van der Waals surface area contributed by atoms with Crippen molar-refractivity contribution in [3.8, 4) is 10.8 Å². The molecule has 0 radical (unpaired) electrons. The smallest absolute Gasteiger partial charge is 0.142 e. The van der Waals surface area contributed by atoms with E-state index in [1.54, 1.807) is 0 Å². The molecule has 0 aromatic carbocycles. The lowest BCUT2D eigenvalue weighted by Crippen LogP contribution is -2.57. The molecule has 4 nitrogen and oxygen atoms in total. The van der Waals surface area contributed by atoms with Crippen molar-refractivity contribution in [2.45, 2.75) is 116 Å². The van der Waals surface area contributed by atoms with Gasteiger partial charge in [-0.3, -0.25) is 0 Å². The minimum absolute atomic E-state index is 0.604. The highest BCUT2D eigenvalue weighted by atomic mass is 79.9. The molecular weight excluding hydrogens is 462 g/mol. The van der Waals surface area contributed by atoms with Gasteiger partial charge in [-0.05, 0) is 49.8 Å². The van der Waals surface area contributed by atoms with E-state index in [0.717, 1.165) is 12.6 Å². The lowest BCUT2D eigenvalue weighted by molar-refractivity contribution is -0.948. The molecule has 1 rings (SSSR count). The van der Waals surface area contributed by atoms with Crippen molar-refractivity contribution < 1.29 is 17.5 Å². The van der Waals surface area contributed by atoms with Crippen LogP contribution < -0.4 is 0 Å². The molecule has 0 spiro atoms. The summed E-state index contributed by atoms with van der Waals surface area (Å²) in [5.41, 5.74) is 0. The number of unbranched alkanes of at least 4 members (excludes halogenated alkanes) is 11. The number of nitrogens with zero attached hydrogens (tertiary/aromatic N) is 1. The Balaban J connectivity index is 0.00000150. The summed E-state index contributed by atoms with van der Waals surface area (Å²) in [7, 11) is -3.92. The molecule has 1 heterocycles. The van der Waals surface area contributed by atoms with Crippen LogP contribution in [0.4, 0.5) is 0 Å². The molecular formula is C24H46BrNO3S. The van der Waals surface area contributed by atoms with Crippen molar-refractivity contribution in [3.05, 3.63) is 0 Å². The molecule has 0 N–H and O–H groups in total. The predicted octanol–water partition coefficient (Wildman–Crippen LogP) is 6.59. The number of halogens is 1. The van der Waals surface area contributed by atoms with Gasteiger partial charge in [0.05, 0.1) is 29.2 Å². The Bertz CT molecular complexity index is 563. The summed E-state index contributed by atoms with van der Waals surface area (Å²) in [6.07, 6.45) is 22.1. The summed E-state index contributed by atoms with van der Waals surface area (Å²) in [4.78, 5) is 2.95. The summed E-state index contributed by atoms with van der Waals surface area (Å²) in [6, 6.07) is 0.801. The minimum Gasteiger partial charge on any atom is -0.748 e. The molecule has 1 aliphatic rings. The highest BCUT2D eigenvalue weighted by Crippen LogP contribution is 2.26. The van der Waals surface area contributed by atoms with Gasteiger partial charge in [0, 0.05) is 22.2 Å². The van der Waals surface area contributed by atoms with E-state index in [4.69, 9.17) is 13.0 Å². The van der Waals surface area contributed by atoms with Crippen LogP contribution in [0.5, 0.6) is 0 Å². The maximum atomic E-state index is 9.08. The predicted molar refractivity (Wildman–Crippen MR) is 132 cm³/mol. The van der Waals surface area contributed by atoms with E-state index in [2.05, 4.69) is 40.5 Å². The second kappa shape index (κ2) is 18.5. The van der Waals surface area contributed by atoms with E-state index >= 15 is 0 Å².